The van der Waals surface area contributed by atoms with Crippen molar-refractivity contribution in [1.29, 1.82) is 0 Å². The van der Waals surface area contributed by atoms with Gasteiger partial charge in [-0.3, -0.25) is 0 Å². The van der Waals surface area contributed by atoms with Crippen LogP contribution in [-0.2, 0) is 6.54 Å². The van der Waals surface area contributed by atoms with Crippen molar-refractivity contribution in [3.05, 3.63) is 29.8 Å². The second-order valence-electron chi connectivity index (χ2n) is 4.39. The van der Waals surface area contributed by atoms with Crippen molar-refractivity contribution in [3.8, 4) is 0 Å². The second kappa shape index (κ2) is 3.80. The first kappa shape index (κ1) is 10.4. The lowest BCUT2D eigenvalue weighted by Gasteiger charge is -2.23. The summed E-state index contributed by atoms with van der Waals surface area (Å²) < 4.78 is 2.67. The first-order valence-electron chi connectivity index (χ1n) is 4.77. The predicted molar refractivity (Wildman–Crippen MR) is 65.2 cm³/mol. The van der Waals surface area contributed by atoms with Crippen LogP contribution in [0.15, 0.2) is 29.2 Å². The maximum atomic E-state index is 2.37. The van der Waals surface area contributed by atoms with E-state index in [1.807, 2.05) is 23.9 Å². The highest BCUT2D eigenvalue weighted by Crippen LogP contribution is 2.44. The fourth-order valence-electron chi connectivity index (χ4n) is 1.36. The summed E-state index contributed by atoms with van der Waals surface area (Å²) in [7, 11) is 0. The fraction of sp³-hybridized carbons (Fsp3) is 0.455. The van der Waals surface area contributed by atoms with Gasteiger partial charge in [-0.2, -0.15) is 3.71 Å². The Morgan fingerprint density at radius 3 is 2.64 bits per heavy atom. The number of nitrogens with zero attached hydrogens (tertiary/aromatic N) is 1. The molecule has 0 saturated heterocycles. The lowest BCUT2D eigenvalue weighted by atomic mass is 10.2. The molecular weight excluding hydrogens is 210 g/mol. The maximum Gasteiger partial charge on any atom is 0.0468 e. The number of benzene rings is 1. The normalized spacial score (nSPS) is 17.1. The van der Waals surface area contributed by atoms with E-state index in [1.165, 1.54) is 10.5 Å². The molecule has 0 aliphatic carbocycles. The van der Waals surface area contributed by atoms with Crippen molar-refractivity contribution in [3.63, 3.8) is 0 Å². The highest BCUT2D eigenvalue weighted by atomic mass is 32.2. The van der Waals surface area contributed by atoms with Gasteiger partial charge < -0.3 is 0 Å². The third kappa shape index (κ3) is 2.47. The van der Waals surface area contributed by atoms with E-state index >= 15 is 0 Å². The van der Waals surface area contributed by atoms with Crippen LogP contribution in [0.2, 0.25) is 0 Å². The smallest absolute Gasteiger partial charge is 0.0468 e. The molecule has 1 aromatic rings. The van der Waals surface area contributed by atoms with Crippen LogP contribution in [0.1, 0.15) is 26.3 Å². The molecule has 1 aliphatic heterocycles. The first-order valence-corrected chi connectivity index (χ1v) is 6.32. The van der Waals surface area contributed by atoms with Gasteiger partial charge >= 0.3 is 0 Å². The quantitative estimate of drug-likeness (QED) is 0.666. The van der Waals surface area contributed by atoms with Gasteiger partial charge in [0.25, 0.3) is 0 Å². The molecule has 1 heterocycles. The monoisotopic (exact) mass is 225 g/mol. The number of rotatable bonds is 1. The molecule has 0 spiro atoms. The Hall–Kier alpha value is -0.120. The van der Waals surface area contributed by atoms with Gasteiger partial charge in [-0.15, -0.1) is 0 Å². The predicted octanol–water partition coefficient (Wildman–Crippen LogP) is 3.96. The summed E-state index contributed by atoms with van der Waals surface area (Å²) in [6, 6.07) is 8.64. The van der Waals surface area contributed by atoms with Crippen molar-refractivity contribution in [2.45, 2.75) is 37.0 Å². The fourth-order valence-corrected chi connectivity index (χ4v) is 4.05. The van der Waals surface area contributed by atoms with Crippen molar-refractivity contribution in [2.24, 2.45) is 0 Å². The molecule has 76 valence electrons. The van der Waals surface area contributed by atoms with Gasteiger partial charge in [-0.1, -0.05) is 30.1 Å². The van der Waals surface area contributed by atoms with Crippen LogP contribution < -0.4 is 0 Å². The van der Waals surface area contributed by atoms with E-state index < -0.39 is 0 Å². The minimum atomic E-state index is 0.301. The highest BCUT2D eigenvalue weighted by molar-refractivity contribution is 8.12. The summed E-state index contributed by atoms with van der Waals surface area (Å²) in [6.07, 6.45) is 0. The van der Waals surface area contributed by atoms with Gasteiger partial charge in [0, 0.05) is 16.2 Å². The minimum Gasteiger partial charge on any atom is -0.185 e. The van der Waals surface area contributed by atoms with E-state index in [-0.39, 0.29) is 0 Å². The number of fused-ring (bicyclic) bond motifs is 1. The molecule has 0 saturated carbocycles. The lowest BCUT2D eigenvalue weighted by Crippen LogP contribution is -2.14. The Bertz CT molecular complexity index is 305. The Labute approximate surface area is 94.5 Å². The summed E-state index contributed by atoms with van der Waals surface area (Å²) in [5.41, 5.74) is 1.45. The van der Waals surface area contributed by atoms with E-state index in [0.29, 0.717) is 4.75 Å². The topological polar surface area (TPSA) is 3.24 Å². The van der Waals surface area contributed by atoms with Gasteiger partial charge in [0.2, 0.25) is 0 Å². The molecule has 1 aromatic carbocycles. The lowest BCUT2D eigenvalue weighted by molar-refractivity contribution is 0.712. The summed E-state index contributed by atoms with van der Waals surface area (Å²) in [6.45, 7) is 7.81. The van der Waals surface area contributed by atoms with E-state index in [2.05, 4.69) is 48.7 Å². The standard InChI is InChI=1S/C11H15NS2/c1-11(2,3)14-12-8-9-6-4-5-7-10(9)13-12/h4-7H,8H2,1-3H3. The molecule has 0 amide bonds. The van der Waals surface area contributed by atoms with E-state index in [0.717, 1.165) is 6.54 Å². The van der Waals surface area contributed by atoms with Crippen molar-refractivity contribution < 1.29 is 0 Å². The molecule has 1 aliphatic rings. The van der Waals surface area contributed by atoms with Crippen LogP contribution in [0.3, 0.4) is 0 Å². The average molecular weight is 225 g/mol. The zero-order valence-corrected chi connectivity index (χ0v) is 10.4. The molecule has 14 heavy (non-hydrogen) atoms. The van der Waals surface area contributed by atoms with Gasteiger partial charge in [-0.25, -0.2) is 0 Å². The molecule has 0 unspecified atom stereocenters. The minimum absolute atomic E-state index is 0.301. The maximum absolute atomic E-state index is 2.37. The number of hydrogen-bond donors (Lipinski definition) is 0. The summed E-state index contributed by atoms with van der Waals surface area (Å²) in [4.78, 5) is 1.41. The van der Waals surface area contributed by atoms with Crippen molar-refractivity contribution in [2.75, 3.05) is 0 Å². The zero-order valence-electron chi connectivity index (χ0n) is 8.78. The van der Waals surface area contributed by atoms with Crippen LogP contribution in [0.25, 0.3) is 0 Å². The summed E-state index contributed by atoms with van der Waals surface area (Å²) in [5.74, 6) is 0. The van der Waals surface area contributed by atoms with Crippen LogP contribution >= 0.6 is 23.9 Å². The molecule has 1 nitrogen and oxygen atoms in total. The molecule has 0 N–H and O–H groups in total. The third-order valence-corrected chi connectivity index (χ3v) is 4.10. The van der Waals surface area contributed by atoms with Crippen LogP contribution in [-0.4, -0.2) is 8.46 Å². The van der Waals surface area contributed by atoms with Crippen LogP contribution in [0.4, 0.5) is 0 Å². The van der Waals surface area contributed by atoms with Crippen molar-refractivity contribution >= 4 is 23.9 Å². The van der Waals surface area contributed by atoms with E-state index in [9.17, 15) is 0 Å². The Morgan fingerprint density at radius 1 is 1.29 bits per heavy atom. The molecule has 2 rings (SSSR count). The highest BCUT2D eigenvalue weighted by Gasteiger charge is 2.24. The molecule has 0 aromatic heterocycles. The second-order valence-corrected chi connectivity index (χ2v) is 7.54. The van der Waals surface area contributed by atoms with E-state index in [4.69, 9.17) is 0 Å². The van der Waals surface area contributed by atoms with Crippen LogP contribution in [0.5, 0.6) is 0 Å². The summed E-state index contributed by atoms with van der Waals surface area (Å²) in [5, 5.41) is 0. The molecule has 3 heteroatoms. The Morgan fingerprint density at radius 2 is 2.00 bits per heavy atom. The van der Waals surface area contributed by atoms with Gasteiger partial charge in [0.15, 0.2) is 0 Å². The molecule has 0 fully saturated rings. The molecule has 0 bridgehead atoms. The third-order valence-electron chi connectivity index (χ3n) is 1.85. The SMILES string of the molecule is CC(C)(C)SN1Cc2ccccc2S1. The average Bonchev–Trinajstić information content (AvgIpc) is 2.42. The van der Waals surface area contributed by atoms with Gasteiger partial charge in [-0.05, 0) is 44.3 Å². The first-order chi connectivity index (χ1) is 6.54. The van der Waals surface area contributed by atoms with Crippen molar-refractivity contribution in [1.82, 2.24) is 3.71 Å². The Balaban J connectivity index is 2.05. The summed E-state index contributed by atoms with van der Waals surface area (Å²) >= 11 is 3.78. The number of hydrogen-bond acceptors (Lipinski definition) is 3. The molecular formula is C11H15NS2. The molecule has 0 radical (unpaired) electrons. The Kier molecular flexibility index (Phi) is 2.82. The van der Waals surface area contributed by atoms with E-state index in [1.54, 1.807) is 0 Å². The molecule has 0 atom stereocenters. The van der Waals surface area contributed by atoms with Gasteiger partial charge in [0.05, 0.1) is 0 Å². The largest absolute Gasteiger partial charge is 0.185 e. The zero-order chi connectivity index (χ0) is 10.2. The van der Waals surface area contributed by atoms with Crippen LogP contribution in [0, 0.1) is 0 Å². The van der Waals surface area contributed by atoms with Gasteiger partial charge in [0.1, 0.15) is 0 Å².